The number of benzene rings is 1. The Kier molecular flexibility index (Phi) is 6.02. The average Bonchev–Trinajstić information content (AvgIpc) is 3.41. The second kappa shape index (κ2) is 8.48. The van der Waals surface area contributed by atoms with Gasteiger partial charge in [0.2, 0.25) is 10.0 Å². The van der Waals surface area contributed by atoms with E-state index >= 15 is 0 Å². The van der Waals surface area contributed by atoms with Crippen LogP contribution in [-0.2, 0) is 14.8 Å². The summed E-state index contributed by atoms with van der Waals surface area (Å²) < 4.78 is 33.7. The van der Waals surface area contributed by atoms with Gasteiger partial charge in [0.05, 0.1) is 10.9 Å². The fraction of sp³-hybridized carbons (Fsp3) is 0.500. The largest absolute Gasteiger partial charge is 0.443 e. The molecule has 1 aliphatic carbocycles. The average molecular weight is 458 g/mol. The summed E-state index contributed by atoms with van der Waals surface area (Å²) in [5.41, 5.74) is 1.27. The predicted octanol–water partition coefficient (Wildman–Crippen LogP) is 4.82. The minimum absolute atomic E-state index is 0.105. The van der Waals surface area contributed by atoms with Crippen LogP contribution in [0, 0.1) is 6.92 Å². The molecule has 0 radical (unpaired) electrons. The number of pyridine rings is 1. The summed E-state index contributed by atoms with van der Waals surface area (Å²) in [5.74, 6) is 0.538. The van der Waals surface area contributed by atoms with E-state index in [1.54, 1.807) is 33.6 Å². The van der Waals surface area contributed by atoms with E-state index in [4.69, 9.17) is 4.74 Å². The lowest BCUT2D eigenvalue weighted by Gasteiger charge is -2.27. The Labute approximate surface area is 190 Å². The molecular formula is C24H31N3O4S. The molecule has 2 aromatic rings. The number of sulfonamides is 1. The molecule has 1 saturated carbocycles. The molecule has 1 saturated heterocycles. The van der Waals surface area contributed by atoms with E-state index in [1.165, 1.54) is 0 Å². The highest BCUT2D eigenvalue weighted by atomic mass is 32.2. The second-order valence-electron chi connectivity index (χ2n) is 9.62. The van der Waals surface area contributed by atoms with Gasteiger partial charge >= 0.3 is 6.09 Å². The highest BCUT2D eigenvalue weighted by Crippen LogP contribution is 2.38. The second-order valence-corrected chi connectivity index (χ2v) is 11.5. The van der Waals surface area contributed by atoms with Gasteiger partial charge < -0.3 is 4.74 Å². The first-order chi connectivity index (χ1) is 15.1. The van der Waals surface area contributed by atoms with Crippen LogP contribution in [0.3, 0.4) is 0 Å². The van der Waals surface area contributed by atoms with Crippen LogP contribution in [-0.4, -0.2) is 42.0 Å². The third-order valence-corrected chi connectivity index (χ3v) is 7.66. The summed E-state index contributed by atoms with van der Waals surface area (Å²) in [6, 6.07) is 10.5. The van der Waals surface area contributed by atoms with E-state index in [2.05, 4.69) is 4.98 Å². The van der Waals surface area contributed by atoms with Crippen LogP contribution in [0.15, 0.2) is 47.5 Å². The number of hydrogen-bond donors (Lipinski definition) is 0. The molecule has 0 N–H and O–H groups in total. The molecule has 1 atom stereocenters. The molecule has 32 heavy (non-hydrogen) atoms. The zero-order chi connectivity index (χ0) is 23.1. The lowest BCUT2D eigenvalue weighted by atomic mass is 10.1. The quantitative estimate of drug-likeness (QED) is 0.643. The van der Waals surface area contributed by atoms with Crippen LogP contribution in [0.4, 0.5) is 10.6 Å². The Hall–Kier alpha value is -2.45. The molecule has 1 aliphatic heterocycles. The van der Waals surface area contributed by atoms with E-state index in [-0.39, 0.29) is 12.1 Å². The Morgan fingerprint density at radius 1 is 1.09 bits per heavy atom. The van der Waals surface area contributed by atoms with Crippen molar-refractivity contribution in [2.75, 3.05) is 11.4 Å². The molecule has 2 fully saturated rings. The standard InChI is InChI=1S/C24H31N3O4S/c1-17-7-12-20(13-8-17)32(29,30)26-15-5-6-21(26)18-9-14-22(25-16-18)27(19-10-11-19)23(28)31-24(2,3)4/h7-9,12-14,16,19,21H,5-6,10-11,15H2,1-4H3/t21-/m1/s1. The van der Waals surface area contributed by atoms with Crippen LogP contribution in [0.1, 0.15) is 63.6 Å². The summed E-state index contributed by atoms with van der Waals surface area (Å²) in [4.78, 5) is 19.2. The molecule has 2 aliphatic rings. The lowest BCUT2D eigenvalue weighted by molar-refractivity contribution is 0.0576. The number of aromatic nitrogens is 1. The Bertz CT molecular complexity index is 1070. The van der Waals surface area contributed by atoms with E-state index in [0.717, 1.165) is 36.8 Å². The van der Waals surface area contributed by atoms with Gasteiger partial charge in [0.25, 0.3) is 0 Å². The number of nitrogens with zero attached hydrogens (tertiary/aromatic N) is 3. The van der Waals surface area contributed by atoms with Crippen molar-refractivity contribution in [3.63, 3.8) is 0 Å². The first-order valence-electron chi connectivity index (χ1n) is 11.1. The van der Waals surface area contributed by atoms with Crippen molar-refractivity contribution in [1.82, 2.24) is 9.29 Å². The Balaban J connectivity index is 1.56. The summed E-state index contributed by atoms with van der Waals surface area (Å²) >= 11 is 0. The number of aryl methyl sites for hydroxylation is 1. The molecule has 7 nitrogen and oxygen atoms in total. The third kappa shape index (κ3) is 4.81. The summed E-state index contributed by atoms with van der Waals surface area (Å²) in [7, 11) is -3.60. The molecule has 1 amide bonds. The molecule has 8 heteroatoms. The van der Waals surface area contributed by atoms with Crippen molar-refractivity contribution in [2.45, 2.75) is 76.0 Å². The van der Waals surface area contributed by atoms with Crippen LogP contribution >= 0.6 is 0 Å². The van der Waals surface area contributed by atoms with E-state index < -0.39 is 21.7 Å². The predicted molar refractivity (Wildman–Crippen MR) is 123 cm³/mol. The summed E-state index contributed by atoms with van der Waals surface area (Å²) in [5, 5.41) is 0. The monoisotopic (exact) mass is 457 g/mol. The highest BCUT2D eigenvalue weighted by Gasteiger charge is 2.39. The first-order valence-corrected chi connectivity index (χ1v) is 12.6. The number of hydrogen-bond acceptors (Lipinski definition) is 5. The number of carbonyl (C=O) groups excluding carboxylic acids is 1. The van der Waals surface area contributed by atoms with Gasteiger partial charge in [0, 0.05) is 18.8 Å². The Morgan fingerprint density at radius 2 is 1.78 bits per heavy atom. The maximum Gasteiger partial charge on any atom is 0.416 e. The van der Waals surface area contributed by atoms with Crippen LogP contribution in [0.25, 0.3) is 0 Å². The van der Waals surface area contributed by atoms with Crippen LogP contribution in [0.2, 0.25) is 0 Å². The van der Waals surface area contributed by atoms with Crippen molar-refractivity contribution in [2.24, 2.45) is 0 Å². The van der Waals surface area contributed by atoms with Crippen molar-refractivity contribution in [3.05, 3.63) is 53.7 Å². The third-order valence-electron chi connectivity index (χ3n) is 5.74. The minimum Gasteiger partial charge on any atom is -0.443 e. The van der Waals surface area contributed by atoms with Crippen molar-refractivity contribution in [1.29, 1.82) is 0 Å². The number of anilines is 1. The fourth-order valence-corrected chi connectivity index (χ4v) is 5.70. The smallest absolute Gasteiger partial charge is 0.416 e. The topological polar surface area (TPSA) is 79.8 Å². The van der Waals surface area contributed by atoms with Gasteiger partial charge in [0.1, 0.15) is 11.4 Å². The number of rotatable bonds is 5. The molecule has 4 rings (SSSR count). The lowest BCUT2D eigenvalue weighted by Crippen LogP contribution is -2.38. The Morgan fingerprint density at radius 3 is 2.34 bits per heavy atom. The van der Waals surface area contributed by atoms with Gasteiger partial charge in [0.15, 0.2) is 0 Å². The van der Waals surface area contributed by atoms with Crippen LogP contribution < -0.4 is 4.90 Å². The molecule has 2 heterocycles. The van der Waals surface area contributed by atoms with Crippen molar-refractivity contribution < 1.29 is 17.9 Å². The molecule has 1 aromatic heterocycles. The molecule has 1 aromatic carbocycles. The van der Waals surface area contributed by atoms with Gasteiger partial charge in [-0.15, -0.1) is 0 Å². The SMILES string of the molecule is Cc1ccc(S(=O)(=O)N2CCC[C@@H]2c2ccc(N(C(=O)OC(C)(C)C)C3CC3)nc2)cc1. The van der Waals surface area contributed by atoms with Gasteiger partial charge in [-0.05, 0) is 77.1 Å². The maximum absolute atomic E-state index is 13.3. The number of carbonyl (C=O) groups is 1. The zero-order valence-corrected chi connectivity index (χ0v) is 19.9. The van der Waals surface area contributed by atoms with Gasteiger partial charge in [-0.1, -0.05) is 23.8 Å². The van der Waals surface area contributed by atoms with Crippen molar-refractivity contribution >= 4 is 21.9 Å². The normalized spacial score (nSPS) is 19.7. The number of ether oxygens (including phenoxy) is 1. The molecule has 172 valence electrons. The molecular weight excluding hydrogens is 426 g/mol. The van der Waals surface area contributed by atoms with E-state index in [1.807, 2.05) is 45.9 Å². The van der Waals surface area contributed by atoms with Crippen LogP contribution in [0.5, 0.6) is 0 Å². The molecule has 0 unspecified atom stereocenters. The van der Waals surface area contributed by atoms with Gasteiger partial charge in [-0.25, -0.2) is 18.2 Å². The summed E-state index contributed by atoms with van der Waals surface area (Å²) in [6.45, 7) is 7.94. The fourth-order valence-electron chi connectivity index (χ4n) is 4.02. The number of amides is 1. The van der Waals surface area contributed by atoms with E-state index in [9.17, 15) is 13.2 Å². The molecule has 0 bridgehead atoms. The summed E-state index contributed by atoms with van der Waals surface area (Å²) in [6.07, 6.45) is 4.68. The first kappa shape index (κ1) is 22.7. The van der Waals surface area contributed by atoms with E-state index in [0.29, 0.717) is 17.3 Å². The minimum atomic E-state index is -3.60. The van der Waals surface area contributed by atoms with Gasteiger partial charge in [-0.3, -0.25) is 4.90 Å². The highest BCUT2D eigenvalue weighted by molar-refractivity contribution is 7.89. The maximum atomic E-state index is 13.3. The van der Waals surface area contributed by atoms with Crippen molar-refractivity contribution in [3.8, 4) is 0 Å². The molecule has 0 spiro atoms. The zero-order valence-electron chi connectivity index (χ0n) is 19.1. The van der Waals surface area contributed by atoms with Gasteiger partial charge in [-0.2, -0.15) is 4.31 Å².